The Morgan fingerprint density at radius 3 is 2.06 bits per heavy atom. The largest absolute Gasteiger partial charge is 0.261 e. The van der Waals surface area contributed by atoms with Crippen LogP contribution in [0.1, 0.15) is 52.2 Å². The predicted molar refractivity (Wildman–Crippen MR) is 77.1 cm³/mol. The molecule has 0 aliphatic carbocycles. The van der Waals surface area contributed by atoms with Gasteiger partial charge in [-0.25, -0.2) is 0 Å². The Hall–Kier alpha value is -1.11. The van der Waals surface area contributed by atoms with Crippen LogP contribution in [0.3, 0.4) is 0 Å². The van der Waals surface area contributed by atoms with Gasteiger partial charge >= 0.3 is 0 Å². The third-order valence-corrected chi connectivity index (χ3v) is 1.84. The molecule has 1 aromatic carbocycles. The molecule has 0 heterocycles. The molecule has 1 nitrogen and oxygen atoms in total. The van der Waals surface area contributed by atoms with Crippen LogP contribution < -0.4 is 0 Å². The van der Waals surface area contributed by atoms with Crippen molar-refractivity contribution < 1.29 is 0 Å². The molecule has 16 heavy (non-hydrogen) atoms. The van der Waals surface area contributed by atoms with Gasteiger partial charge in [-0.2, -0.15) is 0 Å². The lowest BCUT2D eigenvalue weighted by Crippen LogP contribution is -1.79. The number of aryl methyl sites for hydroxylation is 1. The molecular formula is C15H27N. The van der Waals surface area contributed by atoms with Crippen LogP contribution in [0.15, 0.2) is 23.2 Å². The maximum Gasteiger partial charge on any atom is 0.0657 e. The van der Waals surface area contributed by atoms with Crippen LogP contribution in [0.4, 0.5) is 5.69 Å². The van der Waals surface area contributed by atoms with Crippen molar-refractivity contribution in [2.24, 2.45) is 4.99 Å². The van der Waals surface area contributed by atoms with Crippen LogP contribution in [0.25, 0.3) is 0 Å². The van der Waals surface area contributed by atoms with E-state index in [-0.39, 0.29) is 0 Å². The molecule has 1 heteroatoms. The van der Waals surface area contributed by atoms with Gasteiger partial charge in [-0.05, 0) is 38.0 Å². The first-order valence-electron chi connectivity index (χ1n) is 6.22. The van der Waals surface area contributed by atoms with Crippen molar-refractivity contribution >= 4 is 11.9 Å². The molecule has 0 saturated carbocycles. The second-order valence-corrected chi connectivity index (χ2v) is 3.31. The van der Waals surface area contributed by atoms with Crippen molar-refractivity contribution in [3.8, 4) is 0 Å². The normalized spacial score (nSPS) is 8.94. The van der Waals surface area contributed by atoms with Gasteiger partial charge in [-0.3, -0.25) is 4.99 Å². The van der Waals surface area contributed by atoms with Crippen molar-refractivity contribution in [3.63, 3.8) is 0 Å². The maximum absolute atomic E-state index is 4.24. The van der Waals surface area contributed by atoms with Gasteiger partial charge in [0, 0.05) is 6.21 Å². The highest BCUT2D eigenvalue weighted by molar-refractivity contribution is 5.63. The third kappa shape index (κ3) is 7.22. The van der Waals surface area contributed by atoms with Gasteiger partial charge in [0.15, 0.2) is 0 Å². The summed E-state index contributed by atoms with van der Waals surface area (Å²) in [5.41, 5.74) is 3.64. The zero-order valence-corrected chi connectivity index (χ0v) is 12.0. The lowest BCUT2D eigenvalue weighted by atomic mass is 10.1. The second-order valence-electron chi connectivity index (χ2n) is 3.31. The molecule has 0 fully saturated rings. The number of nitrogens with zero attached hydrogens (tertiary/aromatic N) is 1. The van der Waals surface area contributed by atoms with Crippen molar-refractivity contribution in [2.45, 2.75) is 54.9 Å². The van der Waals surface area contributed by atoms with Gasteiger partial charge in [0.25, 0.3) is 0 Å². The van der Waals surface area contributed by atoms with Crippen LogP contribution >= 0.6 is 0 Å². The summed E-state index contributed by atoms with van der Waals surface area (Å²) in [6, 6.07) is 6.16. The number of hydrogen-bond acceptors (Lipinski definition) is 1. The van der Waals surface area contributed by atoms with Crippen molar-refractivity contribution in [3.05, 3.63) is 29.3 Å². The topological polar surface area (TPSA) is 12.4 Å². The van der Waals surface area contributed by atoms with Gasteiger partial charge in [-0.1, -0.05) is 46.2 Å². The predicted octanol–water partition coefficient (Wildman–Crippen LogP) is 5.47. The van der Waals surface area contributed by atoms with Crippen LogP contribution in [-0.2, 0) is 0 Å². The first kappa shape index (κ1) is 17.3. The Bertz CT molecular complexity index is 287. The highest BCUT2D eigenvalue weighted by atomic mass is 14.7. The fourth-order valence-corrected chi connectivity index (χ4v) is 1.01. The molecule has 92 valence electrons. The Morgan fingerprint density at radius 2 is 1.62 bits per heavy atom. The summed E-state index contributed by atoms with van der Waals surface area (Å²) in [5, 5.41) is 0. The molecule has 0 atom stereocenters. The minimum Gasteiger partial charge on any atom is -0.261 e. The van der Waals surface area contributed by atoms with E-state index in [1.165, 1.54) is 17.5 Å². The van der Waals surface area contributed by atoms with E-state index < -0.39 is 0 Å². The van der Waals surface area contributed by atoms with Crippen LogP contribution in [0.5, 0.6) is 0 Å². The molecule has 0 unspecified atom stereocenters. The number of hydrogen-bond donors (Lipinski definition) is 0. The fraction of sp³-hybridized carbons (Fsp3) is 0.533. The quantitative estimate of drug-likeness (QED) is 0.558. The van der Waals surface area contributed by atoms with Crippen molar-refractivity contribution in [1.29, 1.82) is 0 Å². The summed E-state index contributed by atoms with van der Waals surface area (Å²) in [7, 11) is 0. The molecule has 0 spiro atoms. The molecule has 0 aromatic heterocycles. The smallest absolute Gasteiger partial charge is 0.0657 e. The van der Waals surface area contributed by atoms with Crippen molar-refractivity contribution in [1.82, 2.24) is 0 Å². The zero-order chi connectivity index (χ0) is 13.0. The molecule has 1 rings (SSSR count). The molecule has 0 saturated heterocycles. The van der Waals surface area contributed by atoms with E-state index in [0.717, 1.165) is 5.69 Å². The highest BCUT2D eigenvalue weighted by Gasteiger charge is 1.95. The monoisotopic (exact) mass is 221 g/mol. The van der Waals surface area contributed by atoms with E-state index in [9.17, 15) is 0 Å². The minimum atomic E-state index is 1.08. The Balaban J connectivity index is 0. The molecule has 0 amide bonds. The summed E-state index contributed by atoms with van der Waals surface area (Å²) in [6.45, 7) is 14.4. The average molecular weight is 221 g/mol. The van der Waals surface area contributed by atoms with Gasteiger partial charge in [0.2, 0.25) is 0 Å². The minimum absolute atomic E-state index is 1.08. The lowest BCUT2D eigenvalue weighted by molar-refractivity contribution is 1.09. The molecule has 0 aliphatic heterocycles. The zero-order valence-electron chi connectivity index (χ0n) is 12.0. The Morgan fingerprint density at radius 1 is 1.12 bits per heavy atom. The SMILES string of the molecule is CC.CC=Nc1cccc(C)c1C.CCC. The summed E-state index contributed by atoms with van der Waals surface area (Å²) in [4.78, 5) is 4.24. The summed E-state index contributed by atoms with van der Waals surface area (Å²) < 4.78 is 0. The first-order chi connectivity index (χ1) is 7.67. The van der Waals surface area contributed by atoms with Crippen LogP contribution in [0.2, 0.25) is 0 Å². The Kier molecular flexibility index (Phi) is 12.9. The number of aliphatic imine (C=N–C) groups is 1. The van der Waals surface area contributed by atoms with E-state index in [1.54, 1.807) is 0 Å². The fourth-order valence-electron chi connectivity index (χ4n) is 1.01. The average Bonchev–Trinajstić information content (AvgIpc) is 2.29. The summed E-state index contributed by atoms with van der Waals surface area (Å²) in [6.07, 6.45) is 3.07. The highest BCUT2D eigenvalue weighted by Crippen LogP contribution is 2.20. The molecule has 1 aromatic rings. The van der Waals surface area contributed by atoms with E-state index in [0.29, 0.717) is 0 Å². The molecule has 0 radical (unpaired) electrons. The lowest BCUT2D eigenvalue weighted by Gasteiger charge is -2.01. The number of benzene rings is 1. The van der Waals surface area contributed by atoms with E-state index in [2.05, 4.69) is 38.8 Å². The van der Waals surface area contributed by atoms with Gasteiger partial charge < -0.3 is 0 Å². The van der Waals surface area contributed by atoms with Gasteiger partial charge in [-0.15, -0.1) is 0 Å². The van der Waals surface area contributed by atoms with Gasteiger partial charge in [0.05, 0.1) is 5.69 Å². The third-order valence-electron chi connectivity index (χ3n) is 1.84. The van der Waals surface area contributed by atoms with E-state index >= 15 is 0 Å². The maximum atomic E-state index is 4.24. The van der Waals surface area contributed by atoms with Crippen molar-refractivity contribution in [2.75, 3.05) is 0 Å². The van der Waals surface area contributed by atoms with Crippen LogP contribution in [-0.4, -0.2) is 6.21 Å². The van der Waals surface area contributed by atoms with Crippen LogP contribution in [0, 0.1) is 13.8 Å². The van der Waals surface area contributed by atoms with Gasteiger partial charge in [0.1, 0.15) is 0 Å². The number of rotatable bonds is 1. The second kappa shape index (κ2) is 12.0. The summed E-state index contributed by atoms with van der Waals surface area (Å²) in [5.74, 6) is 0. The summed E-state index contributed by atoms with van der Waals surface area (Å²) >= 11 is 0. The molecule has 0 N–H and O–H groups in total. The van der Waals surface area contributed by atoms with E-state index in [1.807, 2.05) is 39.1 Å². The standard InChI is InChI=1S/C10H13N.C3H8.C2H6/c1-4-11-10-7-5-6-8(2)9(10)3;1-3-2;1-2/h4-7H,1-3H3;3H2,1-2H3;1-2H3. The van der Waals surface area contributed by atoms with E-state index in [4.69, 9.17) is 0 Å². The molecule has 0 bridgehead atoms. The molecule has 0 aliphatic rings. The Labute approximate surface area is 102 Å². The molecular weight excluding hydrogens is 194 g/mol. The first-order valence-corrected chi connectivity index (χ1v) is 6.22.